The summed E-state index contributed by atoms with van der Waals surface area (Å²) in [5.41, 5.74) is 6.88. The molecule has 0 saturated heterocycles. The molecule has 1 rings (SSSR count). The van der Waals surface area contributed by atoms with Crippen molar-refractivity contribution in [3.8, 4) is 0 Å². The molecule has 0 aromatic heterocycles. The summed E-state index contributed by atoms with van der Waals surface area (Å²) < 4.78 is 13.7. The summed E-state index contributed by atoms with van der Waals surface area (Å²) in [5.74, 6) is -0.265. The van der Waals surface area contributed by atoms with E-state index in [0.29, 0.717) is 14.9 Å². The lowest BCUT2D eigenvalue weighted by Crippen LogP contribution is -2.13. The van der Waals surface area contributed by atoms with E-state index in [0.717, 1.165) is 0 Å². The van der Waals surface area contributed by atoms with Crippen LogP contribution >= 0.6 is 22.6 Å². The molecule has 0 bridgehead atoms. The minimum Gasteiger partial charge on any atom is -0.397 e. The van der Waals surface area contributed by atoms with Crippen molar-refractivity contribution in [1.29, 1.82) is 0 Å². The van der Waals surface area contributed by atoms with Gasteiger partial charge in [0.2, 0.25) is 0 Å². The predicted octanol–water partition coefficient (Wildman–Crippen LogP) is 3.00. The summed E-state index contributed by atoms with van der Waals surface area (Å²) in [5, 5.41) is 3.04. The fourth-order valence-electron chi connectivity index (χ4n) is 0.991. The van der Waals surface area contributed by atoms with Crippen molar-refractivity contribution in [2.45, 2.75) is 13.0 Å². The Bertz CT molecular complexity index is 352. The molecule has 1 aromatic rings. The monoisotopic (exact) mass is 306 g/mol. The van der Waals surface area contributed by atoms with Crippen LogP contribution in [0.25, 0.3) is 0 Å². The first-order valence-corrected chi connectivity index (χ1v) is 5.26. The molecule has 1 unspecified atom stereocenters. The van der Waals surface area contributed by atoms with E-state index in [1.807, 2.05) is 29.5 Å². The van der Waals surface area contributed by atoms with Crippen LogP contribution in [0.15, 0.2) is 24.8 Å². The molecule has 0 heterocycles. The van der Waals surface area contributed by atoms with Gasteiger partial charge in [-0.15, -0.1) is 6.58 Å². The topological polar surface area (TPSA) is 38.0 Å². The molecule has 0 radical (unpaired) electrons. The Morgan fingerprint density at radius 1 is 1.64 bits per heavy atom. The van der Waals surface area contributed by atoms with Gasteiger partial charge >= 0.3 is 0 Å². The maximum atomic E-state index is 13.2. The highest BCUT2D eigenvalue weighted by Gasteiger charge is 2.06. The molecule has 1 aromatic carbocycles. The van der Waals surface area contributed by atoms with E-state index in [-0.39, 0.29) is 11.9 Å². The highest BCUT2D eigenvalue weighted by atomic mass is 127. The molecule has 0 aliphatic heterocycles. The van der Waals surface area contributed by atoms with Gasteiger partial charge in [0.05, 0.1) is 14.9 Å². The van der Waals surface area contributed by atoms with E-state index < -0.39 is 0 Å². The molecule has 0 saturated carbocycles. The van der Waals surface area contributed by atoms with Gasteiger partial charge in [0.25, 0.3) is 0 Å². The number of anilines is 2. The average Bonchev–Trinajstić information content (AvgIpc) is 2.14. The second-order valence-electron chi connectivity index (χ2n) is 3.02. The van der Waals surface area contributed by atoms with E-state index in [9.17, 15) is 4.39 Å². The molecular formula is C10H12FIN2. The normalized spacial score (nSPS) is 12.2. The van der Waals surface area contributed by atoms with Crippen LogP contribution in [0.1, 0.15) is 6.92 Å². The van der Waals surface area contributed by atoms with E-state index >= 15 is 0 Å². The largest absolute Gasteiger partial charge is 0.397 e. The standard InChI is InChI=1S/C10H12FIN2/c1-3-6(2)14-10-4-7(11)8(12)5-9(10)13/h3-6,14H,1,13H2,2H3. The number of hydrogen-bond donors (Lipinski definition) is 2. The van der Waals surface area contributed by atoms with Crippen molar-refractivity contribution < 1.29 is 4.39 Å². The molecule has 1 atom stereocenters. The number of nitrogens with one attached hydrogen (secondary N) is 1. The lowest BCUT2D eigenvalue weighted by atomic mass is 10.2. The van der Waals surface area contributed by atoms with Crippen LogP contribution in [0, 0.1) is 9.39 Å². The first-order chi connectivity index (χ1) is 6.54. The highest BCUT2D eigenvalue weighted by molar-refractivity contribution is 14.1. The minimum atomic E-state index is -0.265. The SMILES string of the molecule is C=CC(C)Nc1cc(F)c(I)cc1N. The first kappa shape index (κ1) is 11.3. The number of benzene rings is 1. The number of hydrogen-bond acceptors (Lipinski definition) is 2. The summed E-state index contributed by atoms with van der Waals surface area (Å²) in [6, 6.07) is 3.07. The van der Waals surface area contributed by atoms with Gasteiger partial charge in [0.1, 0.15) is 5.82 Å². The number of rotatable bonds is 3. The van der Waals surface area contributed by atoms with Gasteiger partial charge < -0.3 is 11.1 Å². The van der Waals surface area contributed by atoms with Gasteiger partial charge in [0, 0.05) is 12.1 Å². The molecular weight excluding hydrogens is 294 g/mol. The summed E-state index contributed by atoms with van der Waals surface area (Å²) in [6.07, 6.45) is 1.73. The molecule has 0 aliphatic rings. The van der Waals surface area contributed by atoms with Crippen LogP contribution in [0.3, 0.4) is 0 Å². The Morgan fingerprint density at radius 3 is 2.86 bits per heavy atom. The zero-order chi connectivity index (χ0) is 10.7. The van der Waals surface area contributed by atoms with E-state index in [2.05, 4.69) is 11.9 Å². The summed E-state index contributed by atoms with van der Waals surface area (Å²) >= 11 is 1.91. The predicted molar refractivity (Wildman–Crippen MR) is 66.8 cm³/mol. The maximum Gasteiger partial charge on any atom is 0.138 e. The average molecular weight is 306 g/mol. The molecule has 3 N–H and O–H groups in total. The molecule has 4 heteroatoms. The van der Waals surface area contributed by atoms with Crippen LogP contribution < -0.4 is 11.1 Å². The Hall–Kier alpha value is -0.780. The minimum absolute atomic E-state index is 0.0664. The Balaban J connectivity index is 2.97. The van der Waals surface area contributed by atoms with Gasteiger partial charge in [-0.2, -0.15) is 0 Å². The van der Waals surface area contributed by atoms with Crippen LogP contribution in [-0.4, -0.2) is 6.04 Å². The van der Waals surface area contributed by atoms with Crippen molar-refractivity contribution >= 4 is 34.0 Å². The Labute approximate surface area is 96.5 Å². The van der Waals surface area contributed by atoms with Crippen molar-refractivity contribution in [3.05, 3.63) is 34.2 Å². The number of nitrogen functional groups attached to an aromatic ring is 1. The zero-order valence-corrected chi connectivity index (χ0v) is 10.0. The fraction of sp³-hybridized carbons (Fsp3) is 0.200. The lowest BCUT2D eigenvalue weighted by Gasteiger charge is -2.13. The fourth-order valence-corrected chi connectivity index (χ4v) is 1.48. The smallest absolute Gasteiger partial charge is 0.138 e. The van der Waals surface area contributed by atoms with Crippen LogP contribution in [0.2, 0.25) is 0 Å². The molecule has 0 amide bonds. The number of halogens is 2. The quantitative estimate of drug-likeness (QED) is 0.512. The summed E-state index contributed by atoms with van der Waals surface area (Å²) in [6.45, 7) is 5.55. The van der Waals surface area contributed by atoms with Crippen LogP contribution in [-0.2, 0) is 0 Å². The second kappa shape index (κ2) is 4.63. The summed E-state index contributed by atoms with van der Waals surface area (Å²) in [4.78, 5) is 0. The van der Waals surface area contributed by atoms with Crippen molar-refractivity contribution in [3.63, 3.8) is 0 Å². The summed E-state index contributed by atoms with van der Waals surface area (Å²) in [7, 11) is 0. The van der Waals surface area contributed by atoms with Gasteiger partial charge in [-0.1, -0.05) is 6.08 Å². The van der Waals surface area contributed by atoms with Crippen molar-refractivity contribution in [2.24, 2.45) is 0 Å². The molecule has 0 aliphatic carbocycles. The van der Waals surface area contributed by atoms with Gasteiger partial charge in [-0.25, -0.2) is 4.39 Å². The Kier molecular flexibility index (Phi) is 3.74. The second-order valence-corrected chi connectivity index (χ2v) is 4.18. The molecule has 14 heavy (non-hydrogen) atoms. The third-order valence-electron chi connectivity index (χ3n) is 1.83. The molecule has 0 spiro atoms. The highest BCUT2D eigenvalue weighted by Crippen LogP contribution is 2.24. The Morgan fingerprint density at radius 2 is 2.29 bits per heavy atom. The van der Waals surface area contributed by atoms with Crippen LogP contribution in [0.5, 0.6) is 0 Å². The zero-order valence-electron chi connectivity index (χ0n) is 7.85. The van der Waals surface area contributed by atoms with Crippen molar-refractivity contribution in [2.75, 3.05) is 11.1 Å². The molecule has 2 nitrogen and oxygen atoms in total. The third kappa shape index (κ3) is 2.60. The van der Waals surface area contributed by atoms with Gasteiger partial charge in [-0.3, -0.25) is 0 Å². The van der Waals surface area contributed by atoms with Gasteiger partial charge in [0.15, 0.2) is 0 Å². The van der Waals surface area contributed by atoms with E-state index in [4.69, 9.17) is 5.73 Å². The number of nitrogens with two attached hydrogens (primary N) is 1. The lowest BCUT2D eigenvalue weighted by molar-refractivity contribution is 0.621. The van der Waals surface area contributed by atoms with Crippen molar-refractivity contribution in [1.82, 2.24) is 0 Å². The van der Waals surface area contributed by atoms with E-state index in [1.54, 1.807) is 12.1 Å². The van der Waals surface area contributed by atoms with Crippen LogP contribution in [0.4, 0.5) is 15.8 Å². The third-order valence-corrected chi connectivity index (χ3v) is 2.66. The molecule has 0 fully saturated rings. The van der Waals surface area contributed by atoms with E-state index in [1.165, 1.54) is 6.07 Å². The first-order valence-electron chi connectivity index (χ1n) is 4.18. The van der Waals surface area contributed by atoms with Gasteiger partial charge in [-0.05, 0) is 35.6 Å². The maximum absolute atomic E-state index is 13.2. The molecule has 76 valence electrons.